The van der Waals surface area contributed by atoms with Crippen LogP contribution in [-0.2, 0) is 0 Å². The Labute approximate surface area is 74.1 Å². The van der Waals surface area contributed by atoms with Crippen molar-refractivity contribution >= 4 is 11.8 Å². The Kier molecular flexibility index (Phi) is 2.18. The summed E-state index contributed by atoms with van der Waals surface area (Å²) in [6.07, 6.45) is 9.01. The molecule has 1 saturated carbocycles. The van der Waals surface area contributed by atoms with Crippen molar-refractivity contribution < 1.29 is 0 Å². The molecule has 0 radical (unpaired) electrons. The minimum absolute atomic E-state index is 0.762. The van der Waals surface area contributed by atoms with Crippen LogP contribution in [0.4, 0.5) is 0 Å². The van der Waals surface area contributed by atoms with Gasteiger partial charge >= 0.3 is 0 Å². The molecule has 0 nitrogen and oxygen atoms in total. The van der Waals surface area contributed by atoms with Crippen molar-refractivity contribution in [2.45, 2.75) is 50.2 Å². The van der Waals surface area contributed by atoms with E-state index in [1.54, 1.807) is 0 Å². The number of thioether (sulfide) groups is 1. The van der Waals surface area contributed by atoms with E-state index in [-0.39, 0.29) is 0 Å². The molecule has 1 heterocycles. The summed E-state index contributed by atoms with van der Waals surface area (Å²) in [6.45, 7) is 2.43. The largest absolute Gasteiger partial charge is 0.155 e. The van der Waals surface area contributed by atoms with Crippen LogP contribution < -0.4 is 0 Å². The predicted octanol–water partition coefficient (Wildman–Crippen LogP) is 3.46. The van der Waals surface area contributed by atoms with Gasteiger partial charge in [-0.15, -0.1) is 0 Å². The summed E-state index contributed by atoms with van der Waals surface area (Å²) >= 11 is 2.28. The monoisotopic (exact) mass is 170 g/mol. The molecule has 64 valence electrons. The Bertz CT molecular complexity index is 136. The fourth-order valence-corrected chi connectivity index (χ4v) is 4.57. The molecule has 0 amide bonds. The van der Waals surface area contributed by atoms with Crippen molar-refractivity contribution in [3.63, 3.8) is 0 Å². The van der Waals surface area contributed by atoms with E-state index >= 15 is 0 Å². The highest BCUT2D eigenvalue weighted by Crippen LogP contribution is 2.49. The third kappa shape index (κ3) is 1.58. The maximum absolute atomic E-state index is 2.43. The zero-order chi connectivity index (χ0) is 7.73. The van der Waals surface area contributed by atoms with E-state index in [1.165, 1.54) is 44.3 Å². The fourth-order valence-electron chi connectivity index (χ4n) is 2.64. The Morgan fingerprint density at radius 1 is 1.27 bits per heavy atom. The van der Waals surface area contributed by atoms with Gasteiger partial charge in [0.2, 0.25) is 0 Å². The van der Waals surface area contributed by atoms with Crippen molar-refractivity contribution in [1.82, 2.24) is 0 Å². The fraction of sp³-hybridized carbons (Fsp3) is 1.00. The molecule has 11 heavy (non-hydrogen) atoms. The van der Waals surface area contributed by atoms with Crippen LogP contribution in [0.5, 0.6) is 0 Å². The molecule has 1 spiro atoms. The summed E-state index contributed by atoms with van der Waals surface area (Å²) in [6, 6.07) is 0. The van der Waals surface area contributed by atoms with Crippen molar-refractivity contribution in [3.05, 3.63) is 0 Å². The van der Waals surface area contributed by atoms with Crippen molar-refractivity contribution in [2.24, 2.45) is 5.92 Å². The molecule has 1 aliphatic heterocycles. The third-order valence-corrected chi connectivity index (χ3v) is 4.88. The molecule has 0 bridgehead atoms. The minimum atomic E-state index is 0.762. The van der Waals surface area contributed by atoms with E-state index in [0.29, 0.717) is 0 Å². The first-order valence-corrected chi connectivity index (χ1v) is 5.93. The second-order valence-electron chi connectivity index (χ2n) is 4.34. The number of hydrogen-bond donors (Lipinski definition) is 0. The molecule has 0 aromatic heterocycles. The Balaban J connectivity index is 2.00. The molecule has 2 fully saturated rings. The summed E-state index contributed by atoms with van der Waals surface area (Å²) in [4.78, 5) is 0. The molecule has 1 unspecified atom stereocenters. The standard InChI is InChI=1S/C10H18S/c1-9-4-7-11-10(8-9)5-2-3-6-10/h9H,2-8H2,1H3. The van der Waals surface area contributed by atoms with Crippen LogP contribution in [0.2, 0.25) is 0 Å². The molecule has 2 rings (SSSR count). The lowest BCUT2D eigenvalue weighted by molar-refractivity contribution is 0.407. The van der Waals surface area contributed by atoms with Gasteiger partial charge < -0.3 is 0 Å². The first-order valence-electron chi connectivity index (χ1n) is 4.95. The van der Waals surface area contributed by atoms with Gasteiger partial charge in [-0.1, -0.05) is 19.8 Å². The average Bonchev–Trinajstić information content (AvgIpc) is 2.37. The number of hydrogen-bond acceptors (Lipinski definition) is 1. The first-order chi connectivity index (χ1) is 5.31. The molecule has 0 N–H and O–H groups in total. The molecule has 1 heteroatoms. The summed E-state index contributed by atoms with van der Waals surface area (Å²) in [5.74, 6) is 2.44. The van der Waals surface area contributed by atoms with Crippen LogP contribution in [0.1, 0.15) is 45.4 Å². The quantitative estimate of drug-likeness (QED) is 0.536. The maximum atomic E-state index is 2.43. The van der Waals surface area contributed by atoms with Gasteiger partial charge in [-0.2, -0.15) is 11.8 Å². The molecule has 0 aromatic rings. The van der Waals surface area contributed by atoms with E-state index < -0.39 is 0 Å². The van der Waals surface area contributed by atoms with Crippen LogP contribution in [0.25, 0.3) is 0 Å². The summed E-state index contributed by atoms with van der Waals surface area (Å²) in [5.41, 5.74) is 0. The van der Waals surface area contributed by atoms with E-state index in [4.69, 9.17) is 0 Å². The molecule has 0 aromatic carbocycles. The topological polar surface area (TPSA) is 0 Å². The zero-order valence-electron chi connectivity index (χ0n) is 7.44. The van der Waals surface area contributed by atoms with E-state index in [9.17, 15) is 0 Å². The van der Waals surface area contributed by atoms with Crippen LogP contribution in [0, 0.1) is 5.92 Å². The Morgan fingerprint density at radius 3 is 2.64 bits per heavy atom. The van der Waals surface area contributed by atoms with E-state index in [2.05, 4.69) is 18.7 Å². The average molecular weight is 170 g/mol. The predicted molar refractivity (Wildman–Crippen MR) is 52.1 cm³/mol. The Hall–Kier alpha value is 0.350. The van der Waals surface area contributed by atoms with Crippen LogP contribution in [-0.4, -0.2) is 10.5 Å². The lowest BCUT2D eigenvalue weighted by Crippen LogP contribution is -2.28. The van der Waals surface area contributed by atoms with Gasteiger partial charge in [-0.25, -0.2) is 0 Å². The van der Waals surface area contributed by atoms with Crippen LogP contribution in [0.15, 0.2) is 0 Å². The normalized spacial score (nSPS) is 36.3. The molecule has 1 saturated heterocycles. The van der Waals surface area contributed by atoms with Crippen molar-refractivity contribution in [2.75, 3.05) is 5.75 Å². The lowest BCUT2D eigenvalue weighted by Gasteiger charge is -2.36. The third-order valence-electron chi connectivity index (χ3n) is 3.25. The van der Waals surface area contributed by atoms with Crippen molar-refractivity contribution in [1.29, 1.82) is 0 Å². The highest BCUT2D eigenvalue weighted by Gasteiger charge is 2.37. The first kappa shape index (κ1) is 7.97. The highest BCUT2D eigenvalue weighted by molar-refractivity contribution is 8.00. The van der Waals surface area contributed by atoms with Gasteiger partial charge in [0.05, 0.1) is 0 Å². The van der Waals surface area contributed by atoms with Crippen LogP contribution in [0.3, 0.4) is 0 Å². The molecule has 1 atom stereocenters. The summed E-state index contributed by atoms with van der Waals surface area (Å²) in [5, 5.41) is 0. The van der Waals surface area contributed by atoms with Gasteiger partial charge in [-0.3, -0.25) is 0 Å². The maximum Gasteiger partial charge on any atom is 0.0162 e. The van der Waals surface area contributed by atoms with E-state index in [1.807, 2.05) is 0 Å². The lowest BCUT2D eigenvalue weighted by atomic mass is 9.91. The second-order valence-corrected chi connectivity index (χ2v) is 5.90. The molecular weight excluding hydrogens is 152 g/mol. The smallest absolute Gasteiger partial charge is 0.0162 e. The van der Waals surface area contributed by atoms with Gasteiger partial charge in [-0.05, 0) is 37.4 Å². The molecular formula is C10H18S. The van der Waals surface area contributed by atoms with Gasteiger partial charge in [0.1, 0.15) is 0 Å². The van der Waals surface area contributed by atoms with Gasteiger partial charge in [0, 0.05) is 4.75 Å². The SMILES string of the molecule is CC1CCSC2(CCCC2)C1. The zero-order valence-corrected chi connectivity index (χ0v) is 8.25. The van der Waals surface area contributed by atoms with Gasteiger partial charge in [0.15, 0.2) is 0 Å². The highest BCUT2D eigenvalue weighted by atomic mass is 32.2. The molecule has 1 aliphatic carbocycles. The van der Waals surface area contributed by atoms with E-state index in [0.717, 1.165) is 10.7 Å². The van der Waals surface area contributed by atoms with Crippen LogP contribution >= 0.6 is 11.8 Å². The number of rotatable bonds is 0. The van der Waals surface area contributed by atoms with Crippen molar-refractivity contribution in [3.8, 4) is 0 Å². The second kappa shape index (κ2) is 3.01. The van der Waals surface area contributed by atoms with Gasteiger partial charge in [0.25, 0.3) is 0 Å². The minimum Gasteiger partial charge on any atom is -0.155 e. The summed E-state index contributed by atoms with van der Waals surface area (Å²) < 4.78 is 0.762. The Morgan fingerprint density at radius 2 is 2.00 bits per heavy atom. The molecule has 2 aliphatic rings. The summed E-state index contributed by atoms with van der Waals surface area (Å²) in [7, 11) is 0.